The molecule has 1 amide bonds. The van der Waals surface area contributed by atoms with Crippen molar-refractivity contribution < 1.29 is 13.7 Å². The van der Waals surface area contributed by atoms with Crippen molar-refractivity contribution in [3.63, 3.8) is 0 Å². The first-order chi connectivity index (χ1) is 15.5. The summed E-state index contributed by atoms with van der Waals surface area (Å²) >= 11 is 7.71. The average molecular weight is 465 g/mol. The zero-order valence-corrected chi connectivity index (χ0v) is 18.2. The number of pyridine rings is 1. The van der Waals surface area contributed by atoms with Gasteiger partial charge in [-0.15, -0.1) is 11.3 Å². The number of para-hydroxylation sites is 1. The van der Waals surface area contributed by atoms with E-state index in [9.17, 15) is 9.18 Å². The topological polar surface area (TPSA) is 80.9 Å². The quantitative estimate of drug-likeness (QED) is 0.334. The van der Waals surface area contributed by atoms with Crippen molar-refractivity contribution in [1.29, 1.82) is 0 Å². The van der Waals surface area contributed by atoms with Gasteiger partial charge in [-0.3, -0.25) is 4.79 Å². The Kier molecular flexibility index (Phi) is 5.16. The molecule has 0 unspecified atom stereocenters. The minimum atomic E-state index is -0.599. The van der Waals surface area contributed by atoms with Crippen LogP contribution in [0.25, 0.3) is 32.0 Å². The molecule has 5 aromatic rings. The highest BCUT2D eigenvalue weighted by Crippen LogP contribution is 2.34. The lowest BCUT2D eigenvalue weighted by Gasteiger charge is -2.07. The van der Waals surface area contributed by atoms with E-state index >= 15 is 0 Å². The van der Waals surface area contributed by atoms with Crippen molar-refractivity contribution in [2.45, 2.75) is 6.92 Å². The third-order valence-electron chi connectivity index (χ3n) is 4.84. The summed E-state index contributed by atoms with van der Waals surface area (Å²) in [6.07, 6.45) is 1.64. The largest absolute Gasteiger partial charge is 0.360 e. The molecule has 3 aromatic heterocycles. The highest BCUT2D eigenvalue weighted by molar-refractivity contribution is 7.21. The Labute approximate surface area is 190 Å². The highest BCUT2D eigenvalue weighted by atomic mass is 35.5. The van der Waals surface area contributed by atoms with Crippen molar-refractivity contribution in [3.05, 3.63) is 83.0 Å². The van der Waals surface area contributed by atoms with Gasteiger partial charge in [0.25, 0.3) is 5.91 Å². The number of amides is 1. The second-order valence-electron chi connectivity index (χ2n) is 6.93. The Balaban J connectivity index is 1.42. The molecular formula is C23H14ClFN4O2S. The minimum absolute atomic E-state index is 0.00955. The van der Waals surface area contributed by atoms with Gasteiger partial charge in [-0.25, -0.2) is 14.4 Å². The number of halogens is 2. The monoisotopic (exact) mass is 464 g/mol. The van der Waals surface area contributed by atoms with Gasteiger partial charge in [0, 0.05) is 11.8 Å². The van der Waals surface area contributed by atoms with E-state index in [1.165, 1.54) is 18.2 Å². The lowest BCUT2D eigenvalue weighted by molar-refractivity contribution is 0.102. The van der Waals surface area contributed by atoms with E-state index in [1.807, 2.05) is 30.3 Å². The maximum atomic E-state index is 14.4. The van der Waals surface area contributed by atoms with Gasteiger partial charge in [0.15, 0.2) is 0 Å². The fraction of sp³-hybridized carbons (Fsp3) is 0.0435. The SMILES string of the molecule is Cc1onc(-c2c(F)cccc2Cl)c1C(=O)Nc1ccc(-c2nc3ccccc3s2)cn1. The first-order valence-electron chi connectivity index (χ1n) is 9.55. The molecule has 0 saturated carbocycles. The summed E-state index contributed by atoms with van der Waals surface area (Å²) in [5.74, 6) is -0.564. The van der Waals surface area contributed by atoms with Crippen LogP contribution in [-0.4, -0.2) is 21.0 Å². The molecule has 9 heteroatoms. The second-order valence-corrected chi connectivity index (χ2v) is 8.37. The lowest BCUT2D eigenvalue weighted by Crippen LogP contribution is -2.14. The normalized spacial score (nSPS) is 11.1. The van der Waals surface area contributed by atoms with Crippen LogP contribution in [0.3, 0.4) is 0 Å². The summed E-state index contributed by atoms with van der Waals surface area (Å²) < 4.78 is 20.6. The summed E-state index contributed by atoms with van der Waals surface area (Å²) in [6.45, 7) is 1.57. The molecule has 0 aliphatic rings. The van der Waals surface area contributed by atoms with Gasteiger partial charge < -0.3 is 9.84 Å². The minimum Gasteiger partial charge on any atom is -0.360 e. The number of nitrogens with zero attached hydrogens (tertiary/aromatic N) is 3. The average Bonchev–Trinajstić information content (AvgIpc) is 3.38. The molecule has 32 heavy (non-hydrogen) atoms. The Morgan fingerprint density at radius 3 is 2.72 bits per heavy atom. The molecular weight excluding hydrogens is 451 g/mol. The third kappa shape index (κ3) is 3.63. The van der Waals surface area contributed by atoms with Crippen LogP contribution in [0, 0.1) is 12.7 Å². The van der Waals surface area contributed by atoms with Crippen LogP contribution < -0.4 is 5.32 Å². The van der Waals surface area contributed by atoms with Crippen molar-refractivity contribution in [2.24, 2.45) is 0 Å². The van der Waals surface area contributed by atoms with E-state index in [4.69, 9.17) is 16.1 Å². The third-order valence-corrected chi connectivity index (χ3v) is 6.24. The molecule has 6 nitrogen and oxygen atoms in total. The first-order valence-corrected chi connectivity index (χ1v) is 10.7. The molecule has 0 aliphatic heterocycles. The fourth-order valence-electron chi connectivity index (χ4n) is 3.30. The van der Waals surface area contributed by atoms with Gasteiger partial charge in [-0.1, -0.05) is 35.0 Å². The molecule has 3 heterocycles. The summed E-state index contributed by atoms with van der Waals surface area (Å²) in [5.41, 5.74) is 1.90. The number of benzene rings is 2. The van der Waals surface area contributed by atoms with Crippen LogP contribution in [0.4, 0.5) is 10.2 Å². The number of hydrogen-bond donors (Lipinski definition) is 1. The van der Waals surface area contributed by atoms with Crippen molar-refractivity contribution >= 4 is 44.9 Å². The van der Waals surface area contributed by atoms with Gasteiger partial charge in [0.1, 0.15) is 33.7 Å². The number of anilines is 1. The van der Waals surface area contributed by atoms with Gasteiger partial charge in [-0.2, -0.15) is 0 Å². The summed E-state index contributed by atoms with van der Waals surface area (Å²) in [6, 6.07) is 15.6. The van der Waals surface area contributed by atoms with E-state index < -0.39 is 11.7 Å². The molecule has 0 fully saturated rings. The predicted molar refractivity (Wildman–Crippen MR) is 122 cm³/mol. The Morgan fingerprint density at radius 1 is 1.12 bits per heavy atom. The number of carbonyl (C=O) groups excluding carboxylic acids is 1. The molecule has 158 valence electrons. The van der Waals surface area contributed by atoms with Crippen molar-refractivity contribution in [3.8, 4) is 21.8 Å². The predicted octanol–water partition coefficient (Wildman–Crippen LogP) is 6.37. The number of aromatic nitrogens is 3. The number of fused-ring (bicyclic) bond motifs is 1. The lowest BCUT2D eigenvalue weighted by atomic mass is 10.0. The molecule has 0 bridgehead atoms. The number of rotatable bonds is 4. The molecule has 2 aromatic carbocycles. The summed E-state index contributed by atoms with van der Waals surface area (Å²) in [4.78, 5) is 21.9. The molecule has 0 aliphatic carbocycles. The van der Waals surface area contributed by atoms with E-state index in [-0.39, 0.29) is 27.6 Å². The maximum absolute atomic E-state index is 14.4. The number of nitrogens with one attached hydrogen (secondary N) is 1. The van der Waals surface area contributed by atoms with Gasteiger partial charge in [0.05, 0.1) is 20.8 Å². The summed E-state index contributed by atoms with van der Waals surface area (Å²) in [7, 11) is 0. The maximum Gasteiger partial charge on any atom is 0.262 e. The van der Waals surface area contributed by atoms with Crippen LogP contribution >= 0.6 is 22.9 Å². The van der Waals surface area contributed by atoms with Crippen LogP contribution in [0.5, 0.6) is 0 Å². The van der Waals surface area contributed by atoms with Gasteiger partial charge in [0.2, 0.25) is 0 Å². The van der Waals surface area contributed by atoms with Crippen LogP contribution in [0.2, 0.25) is 5.02 Å². The van der Waals surface area contributed by atoms with Crippen LogP contribution in [0.1, 0.15) is 16.1 Å². The highest BCUT2D eigenvalue weighted by Gasteiger charge is 2.25. The summed E-state index contributed by atoms with van der Waals surface area (Å²) in [5, 5.41) is 7.53. The van der Waals surface area contributed by atoms with Gasteiger partial charge >= 0.3 is 0 Å². The van der Waals surface area contributed by atoms with E-state index in [0.717, 1.165) is 20.8 Å². The first kappa shape index (κ1) is 20.3. The second kappa shape index (κ2) is 8.14. The standard InChI is InChI=1S/C23H14ClFN4O2S/c1-12-19(21(29-31-12)20-14(24)5-4-6-15(20)25)22(30)28-18-10-9-13(11-26-18)23-27-16-7-2-3-8-17(16)32-23/h2-11H,1H3,(H,26,28,30). The molecule has 0 saturated heterocycles. The van der Waals surface area contributed by atoms with Crippen LogP contribution in [0.15, 0.2) is 65.3 Å². The Bertz CT molecular complexity index is 1410. The zero-order chi connectivity index (χ0) is 22.2. The van der Waals surface area contributed by atoms with E-state index in [0.29, 0.717) is 5.82 Å². The number of thiazole rings is 1. The number of carbonyl (C=O) groups is 1. The Morgan fingerprint density at radius 2 is 1.97 bits per heavy atom. The number of aryl methyl sites for hydroxylation is 1. The zero-order valence-electron chi connectivity index (χ0n) is 16.6. The van der Waals surface area contributed by atoms with Crippen LogP contribution in [-0.2, 0) is 0 Å². The molecule has 0 atom stereocenters. The van der Waals surface area contributed by atoms with Gasteiger partial charge in [-0.05, 0) is 43.3 Å². The molecule has 0 spiro atoms. The van der Waals surface area contributed by atoms with E-state index in [2.05, 4.69) is 20.4 Å². The van der Waals surface area contributed by atoms with E-state index in [1.54, 1.807) is 30.5 Å². The fourth-order valence-corrected chi connectivity index (χ4v) is 4.51. The Hall–Kier alpha value is -3.62. The van der Waals surface area contributed by atoms with Crippen molar-refractivity contribution in [2.75, 3.05) is 5.32 Å². The molecule has 1 N–H and O–H groups in total. The molecule has 0 radical (unpaired) electrons. The molecule has 5 rings (SSSR count). The number of hydrogen-bond acceptors (Lipinski definition) is 6. The van der Waals surface area contributed by atoms with Crippen molar-refractivity contribution in [1.82, 2.24) is 15.1 Å². The smallest absolute Gasteiger partial charge is 0.262 e.